The molecule has 196 valence electrons. The minimum absolute atomic E-state index is 0.0323. The van der Waals surface area contributed by atoms with E-state index < -0.39 is 36.8 Å². The molecular weight excluding hydrogens is 555 g/mol. The number of carbonyl (C=O) groups excluding carboxylic acids is 1. The van der Waals surface area contributed by atoms with E-state index in [0.29, 0.717) is 24.7 Å². The maximum atomic E-state index is 13.1. The highest BCUT2D eigenvalue weighted by molar-refractivity contribution is 7.93. The van der Waals surface area contributed by atoms with Crippen LogP contribution in [0.15, 0.2) is 76.5 Å². The number of nitrogens with zero attached hydrogens (tertiary/aromatic N) is 1. The predicted octanol–water partition coefficient (Wildman–Crippen LogP) is 5.09. The van der Waals surface area contributed by atoms with Crippen LogP contribution >= 0.6 is 11.6 Å². The van der Waals surface area contributed by atoms with Crippen LogP contribution in [0.25, 0.3) is 0 Å². The first kappa shape index (κ1) is 26.8. The summed E-state index contributed by atoms with van der Waals surface area (Å²) in [5.41, 5.74) is -0.894. The lowest BCUT2D eigenvalue weighted by molar-refractivity contribution is -0.137. The number of amides is 1. The molecule has 1 fully saturated rings. The molecule has 8 nitrogen and oxygen atoms in total. The van der Waals surface area contributed by atoms with Crippen LogP contribution < -0.4 is 14.3 Å². The quantitative estimate of drug-likeness (QED) is 0.409. The van der Waals surface area contributed by atoms with Crippen molar-refractivity contribution >= 4 is 54.6 Å². The van der Waals surface area contributed by atoms with Gasteiger partial charge in [0.05, 0.1) is 20.4 Å². The molecule has 0 aliphatic carbocycles. The monoisotopic (exact) mass is 573 g/mol. The molecule has 2 N–H and O–H groups in total. The molecule has 0 spiro atoms. The SMILES string of the molecule is O=C1CCCN1c1ccc(S(=O)(=O)Nc2ccc(S(=O)(=O)Nc3ccc(Cl)c(C(F)(F)F)c3)cc2)cc1. The molecule has 0 saturated carbocycles. The van der Waals surface area contributed by atoms with Crippen molar-refractivity contribution in [3.05, 3.63) is 77.3 Å². The predicted molar refractivity (Wildman–Crippen MR) is 133 cm³/mol. The van der Waals surface area contributed by atoms with Crippen LogP contribution in [0, 0.1) is 0 Å². The van der Waals surface area contributed by atoms with Gasteiger partial charge in [-0.05, 0) is 73.2 Å². The summed E-state index contributed by atoms with van der Waals surface area (Å²) >= 11 is 5.56. The highest BCUT2D eigenvalue weighted by atomic mass is 35.5. The Morgan fingerprint density at radius 3 is 1.81 bits per heavy atom. The fourth-order valence-electron chi connectivity index (χ4n) is 3.66. The van der Waals surface area contributed by atoms with Crippen LogP contribution in [-0.4, -0.2) is 29.3 Å². The summed E-state index contributed by atoms with van der Waals surface area (Å²) in [6, 6.07) is 13.0. The van der Waals surface area contributed by atoms with Gasteiger partial charge in [0, 0.05) is 30.0 Å². The molecule has 14 heteroatoms. The molecule has 1 amide bonds. The van der Waals surface area contributed by atoms with Crippen molar-refractivity contribution in [2.75, 3.05) is 20.9 Å². The second kappa shape index (κ2) is 9.88. The number of sulfonamides is 2. The molecular formula is C23H19ClF3N3O5S2. The number of nitrogens with one attached hydrogen (secondary N) is 2. The van der Waals surface area contributed by atoms with Crippen molar-refractivity contribution in [1.82, 2.24) is 0 Å². The molecule has 1 aliphatic rings. The fourth-order valence-corrected chi connectivity index (χ4v) is 6.00. The van der Waals surface area contributed by atoms with Crippen LogP contribution in [0.4, 0.5) is 30.2 Å². The van der Waals surface area contributed by atoms with Gasteiger partial charge in [0.1, 0.15) is 0 Å². The molecule has 3 aromatic rings. The molecule has 37 heavy (non-hydrogen) atoms. The summed E-state index contributed by atoms with van der Waals surface area (Å²) in [6.45, 7) is 0.564. The lowest BCUT2D eigenvalue weighted by Crippen LogP contribution is -2.23. The number of rotatable bonds is 7. The average Bonchev–Trinajstić information content (AvgIpc) is 3.25. The van der Waals surface area contributed by atoms with E-state index >= 15 is 0 Å². The van der Waals surface area contributed by atoms with Crippen LogP contribution in [-0.2, 0) is 31.0 Å². The lowest BCUT2D eigenvalue weighted by atomic mass is 10.2. The van der Waals surface area contributed by atoms with E-state index in [1.165, 1.54) is 36.4 Å². The second-order valence-corrected chi connectivity index (χ2v) is 11.8. The number of anilines is 3. The molecule has 0 bridgehead atoms. The van der Waals surface area contributed by atoms with E-state index in [0.717, 1.165) is 30.7 Å². The number of halogens is 4. The van der Waals surface area contributed by atoms with Crippen LogP contribution in [0.2, 0.25) is 5.02 Å². The molecule has 0 aromatic heterocycles. The van der Waals surface area contributed by atoms with Crippen LogP contribution in [0.1, 0.15) is 18.4 Å². The molecule has 0 radical (unpaired) electrons. The molecule has 0 unspecified atom stereocenters. The standard InChI is InChI=1S/C23H19ClF3N3O5S2/c24-21-12-5-16(14-20(21)23(25,26)27)29-37(34,35)18-8-3-15(4-9-18)28-36(32,33)19-10-6-17(7-11-19)30-13-1-2-22(30)31/h3-12,14,28-29H,1-2,13H2. The third kappa shape index (κ3) is 6.00. The van der Waals surface area contributed by atoms with Crippen LogP contribution in [0.3, 0.4) is 0 Å². The fraction of sp³-hybridized carbons (Fsp3) is 0.174. The summed E-state index contributed by atoms with van der Waals surface area (Å²) in [6.07, 6.45) is -3.60. The normalized spacial score (nSPS) is 14.6. The first-order valence-corrected chi connectivity index (χ1v) is 14.0. The van der Waals surface area contributed by atoms with E-state index in [1.54, 1.807) is 4.90 Å². The van der Waals surface area contributed by atoms with Crippen molar-refractivity contribution in [2.24, 2.45) is 0 Å². The van der Waals surface area contributed by atoms with Gasteiger partial charge in [0.2, 0.25) is 5.91 Å². The Labute approximate surface area is 216 Å². The lowest BCUT2D eigenvalue weighted by Gasteiger charge is -2.16. The minimum atomic E-state index is -4.77. The molecule has 0 atom stereocenters. The van der Waals surface area contributed by atoms with Gasteiger partial charge in [-0.3, -0.25) is 14.2 Å². The summed E-state index contributed by atoms with van der Waals surface area (Å²) in [4.78, 5) is 13.1. The maximum Gasteiger partial charge on any atom is 0.417 e. The average molecular weight is 574 g/mol. The topological polar surface area (TPSA) is 113 Å². The summed E-state index contributed by atoms with van der Waals surface area (Å²) in [5.74, 6) is -0.0323. The minimum Gasteiger partial charge on any atom is -0.312 e. The Bertz CT molecular complexity index is 1540. The van der Waals surface area contributed by atoms with Gasteiger partial charge < -0.3 is 4.90 Å². The summed E-state index contributed by atoms with van der Waals surface area (Å²) < 4.78 is 94.3. The smallest absolute Gasteiger partial charge is 0.312 e. The first-order chi connectivity index (χ1) is 17.3. The zero-order chi connectivity index (χ0) is 27.0. The number of hydrogen-bond acceptors (Lipinski definition) is 5. The Balaban J connectivity index is 1.48. The van der Waals surface area contributed by atoms with Gasteiger partial charge in [0.25, 0.3) is 20.0 Å². The van der Waals surface area contributed by atoms with Gasteiger partial charge in [-0.15, -0.1) is 0 Å². The highest BCUT2D eigenvalue weighted by Crippen LogP contribution is 2.36. The number of alkyl halides is 3. The van der Waals surface area contributed by atoms with E-state index in [9.17, 15) is 34.8 Å². The molecule has 4 rings (SSSR count). The summed E-state index contributed by atoms with van der Waals surface area (Å²) in [7, 11) is -8.31. The van der Waals surface area contributed by atoms with Gasteiger partial charge >= 0.3 is 6.18 Å². The Hall–Kier alpha value is -3.29. The zero-order valence-corrected chi connectivity index (χ0v) is 21.2. The van der Waals surface area contributed by atoms with Crippen molar-refractivity contribution in [1.29, 1.82) is 0 Å². The number of carbonyl (C=O) groups is 1. The highest BCUT2D eigenvalue weighted by Gasteiger charge is 2.33. The molecule has 3 aromatic carbocycles. The number of hydrogen-bond donors (Lipinski definition) is 2. The Morgan fingerprint density at radius 1 is 0.784 bits per heavy atom. The molecule has 1 aliphatic heterocycles. The third-order valence-electron chi connectivity index (χ3n) is 5.47. The van der Waals surface area contributed by atoms with E-state index in [1.807, 2.05) is 4.72 Å². The number of benzene rings is 3. The van der Waals surface area contributed by atoms with Crippen molar-refractivity contribution in [2.45, 2.75) is 28.8 Å². The molecule has 1 saturated heterocycles. The zero-order valence-electron chi connectivity index (χ0n) is 18.8. The van der Waals surface area contributed by atoms with Gasteiger partial charge in [-0.25, -0.2) is 16.8 Å². The largest absolute Gasteiger partial charge is 0.417 e. The van der Waals surface area contributed by atoms with Crippen molar-refractivity contribution in [3.63, 3.8) is 0 Å². The Kier molecular flexibility index (Phi) is 7.14. The Morgan fingerprint density at radius 2 is 1.30 bits per heavy atom. The van der Waals surface area contributed by atoms with Crippen molar-refractivity contribution in [3.8, 4) is 0 Å². The first-order valence-electron chi connectivity index (χ1n) is 10.7. The third-order valence-corrected chi connectivity index (χ3v) is 8.60. The summed E-state index contributed by atoms with van der Waals surface area (Å²) in [5, 5.41) is -0.578. The van der Waals surface area contributed by atoms with Crippen molar-refractivity contribution < 1.29 is 34.8 Å². The van der Waals surface area contributed by atoms with Crippen LogP contribution in [0.5, 0.6) is 0 Å². The van der Waals surface area contributed by atoms with Gasteiger partial charge in [-0.2, -0.15) is 13.2 Å². The second-order valence-electron chi connectivity index (χ2n) is 8.07. The van der Waals surface area contributed by atoms with Gasteiger partial charge in [0.15, 0.2) is 0 Å². The van der Waals surface area contributed by atoms with E-state index in [-0.39, 0.29) is 27.1 Å². The molecule has 1 heterocycles. The van der Waals surface area contributed by atoms with E-state index in [2.05, 4.69) is 4.72 Å². The van der Waals surface area contributed by atoms with E-state index in [4.69, 9.17) is 11.6 Å². The maximum absolute atomic E-state index is 13.1. The van der Waals surface area contributed by atoms with Gasteiger partial charge in [-0.1, -0.05) is 11.6 Å².